The van der Waals surface area contributed by atoms with E-state index in [1.807, 2.05) is 6.07 Å². The fraction of sp³-hybridized carbons (Fsp3) is 0.278. The number of anilines is 1. The van der Waals surface area contributed by atoms with Gasteiger partial charge in [-0.2, -0.15) is 5.10 Å². The molecule has 1 aromatic carbocycles. The highest BCUT2D eigenvalue weighted by Crippen LogP contribution is 2.25. The molecule has 1 saturated heterocycles. The monoisotopic (exact) mass is 399 g/mol. The summed E-state index contributed by atoms with van der Waals surface area (Å²) in [6.45, 7) is 2.44. The number of hydrogen-bond acceptors (Lipinski definition) is 7. The zero-order valence-electron chi connectivity index (χ0n) is 15.2. The summed E-state index contributed by atoms with van der Waals surface area (Å²) in [5.41, 5.74) is 0.471. The molecule has 2 aromatic heterocycles. The van der Waals surface area contributed by atoms with Gasteiger partial charge in [0.1, 0.15) is 30.5 Å². The van der Waals surface area contributed by atoms with Crippen molar-refractivity contribution in [2.75, 3.05) is 38.2 Å². The first-order valence-corrected chi connectivity index (χ1v) is 9.08. The van der Waals surface area contributed by atoms with E-state index in [4.69, 9.17) is 16.3 Å². The molecule has 9 nitrogen and oxygen atoms in total. The molecular formula is C18H18ClN7O2. The van der Waals surface area contributed by atoms with Crippen molar-refractivity contribution in [2.45, 2.75) is 0 Å². The summed E-state index contributed by atoms with van der Waals surface area (Å²) in [7, 11) is 1.54. The molecular weight excluding hydrogens is 382 g/mol. The van der Waals surface area contributed by atoms with E-state index in [0.717, 1.165) is 5.82 Å². The summed E-state index contributed by atoms with van der Waals surface area (Å²) in [5, 5.41) is 4.59. The van der Waals surface area contributed by atoms with E-state index in [1.54, 1.807) is 41.2 Å². The highest BCUT2D eigenvalue weighted by Gasteiger charge is 2.25. The molecule has 144 valence electrons. The van der Waals surface area contributed by atoms with Crippen molar-refractivity contribution >= 4 is 23.3 Å². The van der Waals surface area contributed by atoms with Crippen LogP contribution in [0.5, 0.6) is 5.75 Å². The van der Waals surface area contributed by atoms with Gasteiger partial charge in [-0.05, 0) is 18.2 Å². The number of rotatable bonds is 4. The van der Waals surface area contributed by atoms with E-state index in [1.165, 1.54) is 12.7 Å². The van der Waals surface area contributed by atoms with Crippen LogP contribution in [0, 0.1) is 0 Å². The van der Waals surface area contributed by atoms with Crippen LogP contribution in [0.25, 0.3) is 5.82 Å². The van der Waals surface area contributed by atoms with Gasteiger partial charge in [-0.15, -0.1) is 0 Å². The van der Waals surface area contributed by atoms with Crippen LogP contribution in [0.2, 0.25) is 5.02 Å². The number of carbonyl (C=O) groups excluding carboxylic acids is 1. The Kier molecular flexibility index (Phi) is 5.07. The Morgan fingerprint density at radius 1 is 1.07 bits per heavy atom. The Labute approximate surface area is 166 Å². The van der Waals surface area contributed by atoms with Gasteiger partial charge in [0.2, 0.25) is 0 Å². The van der Waals surface area contributed by atoms with Gasteiger partial charge < -0.3 is 14.5 Å². The van der Waals surface area contributed by atoms with Crippen molar-refractivity contribution in [3.05, 3.63) is 53.8 Å². The Morgan fingerprint density at radius 2 is 1.86 bits per heavy atom. The number of nitrogens with zero attached hydrogens (tertiary/aromatic N) is 7. The normalized spacial score (nSPS) is 14.2. The van der Waals surface area contributed by atoms with Crippen LogP contribution in [-0.2, 0) is 0 Å². The van der Waals surface area contributed by atoms with Crippen LogP contribution in [-0.4, -0.2) is 68.8 Å². The van der Waals surface area contributed by atoms with Crippen LogP contribution >= 0.6 is 11.6 Å². The van der Waals surface area contributed by atoms with Gasteiger partial charge in [-0.25, -0.2) is 19.6 Å². The van der Waals surface area contributed by atoms with Crippen LogP contribution in [0.1, 0.15) is 10.4 Å². The lowest BCUT2D eigenvalue weighted by Gasteiger charge is -2.35. The number of hydrogen-bond donors (Lipinski definition) is 0. The second-order valence-electron chi connectivity index (χ2n) is 6.20. The zero-order valence-corrected chi connectivity index (χ0v) is 16.0. The van der Waals surface area contributed by atoms with Crippen molar-refractivity contribution in [3.63, 3.8) is 0 Å². The molecule has 0 saturated carbocycles. The summed E-state index contributed by atoms with van der Waals surface area (Å²) < 4.78 is 6.88. The number of halogens is 1. The van der Waals surface area contributed by atoms with Crippen molar-refractivity contribution in [1.29, 1.82) is 0 Å². The van der Waals surface area contributed by atoms with E-state index in [9.17, 15) is 4.79 Å². The number of amides is 1. The molecule has 4 rings (SSSR count). The minimum Gasteiger partial charge on any atom is -0.496 e. The van der Waals surface area contributed by atoms with Crippen molar-refractivity contribution in [3.8, 4) is 11.6 Å². The topological polar surface area (TPSA) is 89.3 Å². The molecule has 0 spiro atoms. The van der Waals surface area contributed by atoms with Crippen molar-refractivity contribution < 1.29 is 9.53 Å². The smallest absolute Gasteiger partial charge is 0.257 e. The summed E-state index contributed by atoms with van der Waals surface area (Å²) >= 11 is 6.06. The van der Waals surface area contributed by atoms with Gasteiger partial charge in [-0.1, -0.05) is 11.6 Å². The lowest BCUT2D eigenvalue weighted by atomic mass is 10.1. The van der Waals surface area contributed by atoms with E-state index in [2.05, 4.69) is 25.0 Å². The predicted octanol–water partition coefficient (Wildman–Crippen LogP) is 1.68. The fourth-order valence-corrected chi connectivity index (χ4v) is 3.29. The van der Waals surface area contributed by atoms with E-state index >= 15 is 0 Å². The van der Waals surface area contributed by atoms with Crippen LogP contribution in [0.4, 0.5) is 5.82 Å². The molecule has 0 aliphatic carbocycles. The van der Waals surface area contributed by atoms with Crippen molar-refractivity contribution in [2.24, 2.45) is 0 Å². The van der Waals surface area contributed by atoms with Gasteiger partial charge in [0, 0.05) is 37.3 Å². The average Bonchev–Trinajstić information content (AvgIpc) is 3.28. The summed E-state index contributed by atoms with van der Waals surface area (Å²) in [6, 6.07) is 6.91. The average molecular weight is 400 g/mol. The molecule has 1 aliphatic heterocycles. The zero-order chi connectivity index (χ0) is 19.5. The minimum absolute atomic E-state index is 0.0926. The number of ether oxygens (including phenoxy) is 1. The summed E-state index contributed by atoms with van der Waals surface area (Å²) in [4.78, 5) is 29.3. The lowest BCUT2D eigenvalue weighted by molar-refractivity contribution is 0.0743. The maximum absolute atomic E-state index is 12.9. The largest absolute Gasteiger partial charge is 0.496 e. The minimum atomic E-state index is -0.0926. The first kappa shape index (κ1) is 18.2. The maximum Gasteiger partial charge on any atom is 0.257 e. The number of benzene rings is 1. The molecule has 0 N–H and O–H groups in total. The lowest BCUT2D eigenvalue weighted by Crippen LogP contribution is -2.49. The summed E-state index contributed by atoms with van der Waals surface area (Å²) in [5.74, 6) is 1.85. The quantitative estimate of drug-likeness (QED) is 0.659. The van der Waals surface area contributed by atoms with Crippen LogP contribution < -0.4 is 9.64 Å². The third kappa shape index (κ3) is 3.61. The second kappa shape index (κ2) is 7.81. The molecule has 0 radical (unpaired) electrons. The van der Waals surface area contributed by atoms with Gasteiger partial charge in [0.15, 0.2) is 5.82 Å². The third-order valence-corrected chi connectivity index (χ3v) is 4.81. The molecule has 0 unspecified atom stereocenters. The first-order chi connectivity index (χ1) is 13.7. The highest BCUT2D eigenvalue weighted by atomic mass is 35.5. The predicted molar refractivity (Wildman–Crippen MR) is 103 cm³/mol. The molecule has 0 atom stereocenters. The molecule has 3 aromatic rings. The van der Waals surface area contributed by atoms with E-state index in [0.29, 0.717) is 48.3 Å². The van der Waals surface area contributed by atoms with E-state index < -0.39 is 0 Å². The second-order valence-corrected chi connectivity index (χ2v) is 6.63. The van der Waals surface area contributed by atoms with Gasteiger partial charge in [0.05, 0.1) is 12.7 Å². The fourth-order valence-electron chi connectivity index (χ4n) is 3.12. The number of aromatic nitrogens is 5. The number of carbonyl (C=O) groups is 1. The standard InChI is InChI=1S/C18H18ClN7O2/c1-28-15-3-2-13(19)8-14(15)18(27)25-6-4-24(5-7-25)16-9-17(22-11-21-16)26-12-20-10-23-26/h2-3,8-12H,4-7H2,1H3. The van der Waals surface area contributed by atoms with Gasteiger partial charge in [-0.3, -0.25) is 4.79 Å². The van der Waals surface area contributed by atoms with Gasteiger partial charge >= 0.3 is 0 Å². The van der Waals surface area contributed by atoms with E-state index in [-0.39, 0.29) is 5.91 Å². The molecule has 3 heterocycles. The van der Waals surface area contributed by atoms with Crippen molar-refractivity contribution in [1.82, 2.24) is 29.6 Å². The van der Waals surface area contributed by atoms with Gasteiger partial charge in [0.25, 0.3) is 5.91 Å². The highest BCUT2D eigenvalue weighted by molar-refractivity contribution is 6.31. The Balaban J connectivity index is 1.46. The first-order valence-electron chi connectivity index (χ1n) is 8.70. The molecule has 1 aliphatic rings. The summed E-state index contributed by atoms with van der Waals surface area (Å²) in [6.07, 6.45) is 4.54. The SMILES string of the molecule is COc1ccc(Cl)cc1C(=O)N1CCN(c2cc(-n3cncn3)ncn2)CC1. The molecule has 28 heavy (non-hydrogen) atoms. The Morgan fingerprint density at radius 3 is 2.57 bits per heavy atom. The molecule has 1 amide bonds. The third-order valence-electron chi connectivity index (χ3n) is 4.57. The molecule has 1 fully saturated rings. The number of methoxy groups -OCH3 is 1. The maximum atomic E-state index is 12.9. The number of piperazine rings is 1. The molecule has 0 bridgehead atoms. The van der Waals surface area contributed by atoms with Crippen LogP contribution in [0.15, 0.2) is 43.2 Å². The molecule has 10 heteroatoms. The van der Waals surface area contributed by atoms with Crippen LogP contribution in [0.3, 0.4) is 0 Å². The Bertz CT molecular complexity index is 972. The Hall–Kier alpha value is -3.20.